The van der Waals surface area contributed by atoms with Crippen molar-refractivity contribution in [1.29, 1.82) is 5.26 Å². The molecule has 0 bridgehead atoms. The molecule has 0 aromatic carbocycles. The van der Waals surface area contributed by atoms with Crippen LogP contribution in [-0.2, 0) is 0 Å². The fourth-order valence-corrected chi connectivity index (χ4v) is 3.25. The first-order valence-electron chi connectivity index (χ1n) is 7.95. The van der Waals surface area contributed by atoms with Crippen molar-refractivity contribution in [3.8, 4) is 17.2 Å². The average Bonchev–Trinajstić information content (AvgIpc) is 3.26. The Morgan fingerprint density at radius 1 is 1.22 bits per heavy atom. The zero-order chi connectivity index (χ0) is 15.6. The molecule has 5 nitrogen and oxygen atoms in total. The van der Waals surface area contributed by atoms with Crippen molar-refractivity contribution in [3.63, 3.8) is 0 Å². The van der Waals surface area contributed by atoms with Gasteiger partial charge in [-0.25, -0.2) is 9.97 Å². The first-order chi connectivity index (χ1) is 11.3. The van der Waals surface area contributed by atoms with Crippen molar-refractivity contribution < 1.29 is 0 Å². The van der Waals surface area contributed by atoms with Gasteiger partial charge in [0.1, 0.15) is 23.2 Å². The van der Waals surface area contributed by atoms with E-state index in [0.29, 0.717) is 11.7 Å². The third-order valence-electron chi connectivity index (χ3n) is 4.42. The number of aromatic amines is 1. The molecule has 0 atom stereocenters. The molecule has 0 radical (unpaired) electrons. The molecule has 114 valence electrons. The van der Waals surface area contributed by atoms with Crippen LogP contribution < -0.4 is 5.32 Å². The summed E-state index contributed by atoms with van der Waals surface area (Å²) in [5, 5.41) is 13.5. The Bertz CT molecular complexity index is 867. The van der Waals surface area contributed by atoms with Gasteiger partial charge >= 0.3 is 0 Å². The zero-order valence-electron chi connectivity index (χ0n) is 12.7. The SMILES string of the molecule is N#Cc1ccc(-c2cc(NC3CCCC3)nc3[nH]ccc23)cn1. The molecule has 3 aromatic heterocycles. The number of H-pyrrole nitrogens is 1. The van der Waals surface area contributed by atoms with E-state index in [9.17, 15) is 0 Å². The minimum Gasteiger partial charge on any atom is -0.367 e. The zero-order valence-corrected chi connectivity index (χ0v) is 12.7. The van der Waals surface area contributed by atoms with Gasteiger partial charge in [-0.3, -0.25) is 0 Å². The van der Waals surface area contributed by atoms with E-state index in [1.807, 2.05) is 18.3 Å². The van der Waals surface area contributed by atoms with E-state index < -0.39 is 0 Å². The highest BCUT2D eigenvalue weighted by molar-refractivity contribution is 5.94. The summed E-state index contributed by atoms with van der Waals surface area (Å²) in [6.07, 6.45) is 8.64. The smallest absolute Gasteiger partial charge is 0.140 e. The highest BCUT2D eigenvalue weighted by atomic mass is 15.0. The molecule has 1 saturated carbocycles. The van der Waals surface area contributed by atoms with Crippen LogP contribution in [0, 0.1) is 11.3 Å². The second-order valence-electron chi connectivity index (χ2n) is 5.96. The minimum atomic E-state index is 0.428. The van der Waals surface area contributed by atoms with E-state index in [1.165, 1.54) is 25.7 Å². The van der Waals surface area contributed by atoms with Crippen molar-refractivity contribution >= 4 is 16.9 Å². The molecule has 1 fully saturated rings. The highest BCUT2D eigenvalue weighted by Gasteiger charge is 2.16. The van der Waals surface area contributed by atoms with Crippen LogP contribution in [0.4, 0.5) is 5.82 Å². The number of hydrogen-bond donors (Lipinski definition) is 2. The maximum atomic E-state index is 8.90. The Hall–Kier alpha value is -2.87. The van der Waals surface area contributed by atoms with Gasteiger partial charge in [-0.05, 0) is 42.7 Å². The van der Waals surface area contributed by atoms with Crippen molar-refractivity contribution in [2.45, 2.75) is 31.7 Å². The fraction of sp³-hybridized carbons (Fsp3) is 0.278. The van der Waals surface area contributed by atoms with Gasteiger partial charge < -0.3 is 10.3 Å². The lowest BCUT2D eigenvalue weighted by molar-refractivity contribution is 0.751. The minimum absolute atomic E-state index is 0.428. The number of nitrogens with one attached hydrogen (secondary N) is 2. The lowest BCUT2D eigenvalue weighted by atomic mass is 10.0. The van der Waals surface area contributed by atoms with Gasteiger partial charge in [0.15, 0.2) is 0 Å². The molecule has 1 aliphatic carbocycles. The Morgan fingerprint density at radius 2 is 2.09 bits per heavy atom. The maximum Gasteiger partial charge on any atom is 0.140 e. The second-order valence-corrected chi connectivity index (χ2v) is 5.96. The standard InChI is InChI=1S/C18H17N5/c19-10-14-6-5-12(11-21-14)16-9-17(22-13-3-1-2-4-13)23-18-15(16)7-8-20-18/h5-9,11,13H,1-4H2,(H2,20,22,23). The molecule has 0 amide bonds. The van der Waals surface area contributed by atoms with Gasteiger partial charge in [0, 0.05) is 29.4 Å². The van der Waals surface area contributed by atoms with E-state index in [0.717, 1.165) is 28.0 Å². The predicted octanol–water partition coefficient (Wildman–Crippen LogP) is 3.85. The van der Waals surface area contributed by atoms with E-state index in [4.69, 9.17) is 5.26 Å². The molecule has 5 heteroatoms. The number of aromatic nitrogens is 3. The molecule has 0 aliphatic heterocycles. The van der Waals surface area contributed by atoms with Crippen LogP contribution in [0.2, 0.25) is 0 Å². The third kappa shape index (κ3) is 2.64. The first-order valence-corrected chi connectivity index (χ1v) is 7.95. The Kier molecular flexibility index (Phi) is 3.43. The average molecular weight is 303 g/mol. The number of rotatable bonds is 3. The topological polar surface area (TPSA) is 77.4 Å². The van der Waals surface area contributed by atoms with Crippen LogP contribution in [0.15, 0.2) is 36.7 Å². The third-order valence-corrected chi connectivity index (χ3v) is 4.42. The lowest BCUT2D eigenvalue weighted by Gasteiger charge is -2.14. The molecule has 0 saturated heterocycles. The van der Waals surface area contributed by atoms with Crippen molar-refractivity contribution in [1.82, 2.24) is 15.0 Å². The molecule has 2 N–H and O–H groups in total. The summed E-state index contributed by atoms with van der Waals surface area (Å²) >= 11 is 0. The van der Waals surface area contributed by atoms with Gasteiger partial charge in [-0.2, -0.15) is 5.26 Å². The van der Waals surface area contributed by atoms with E-state index >= 15 is 0 Å². The predicted molar refractivity (Wildman–Crippen MR) is 89.9 cm³/mol. The van der Waals surface area contributed by atoms with Gasteiger partial charge in [0.05, 0.1) is 0 Å². The van der Waals surface area contributed by atoms with Gasteiger partial charge in [-0.15, -0.1) is 0 Å². The summed E-state index contributed by atoms with van der Waals surface area (Å²) in [7, 11) is 0. The molecule has 0 spiro atoms. The van der Waals surface area contributed by atoms with E-state index in [2.05, 4.69) is 32.4 Å². The Morgan fingerprint density at radius 3 is 2.83 bits per heavy atom. The molecule has 3 heterocycles. The molecule has 23 heavy (non-hydrogen) atoms. The van der Waals surface area contributed by atoms with Gasteiger partial charge in [0.2, 0.25) is 0 Å². The summed E-state index contributed by atoms with van der Waals surface area (Å²) < 4.78 is 0. The molecular formula is C18H17N5. The van der Waals surface area contributed by atoms with Crippen LogP contribution in [0.25, 0.3) is 22.2 Å². The largest absolute Gasteiger partial charge is 0.367 e. The number of fused-ring (bicyclic) bond motifs is 1. The van der Waals surface area contributed by atoms with E-state index in [1.54, 1.807) is 12.3 Å². The van der Waals surface area contributed by atoms with Crippen LogP contribution in [0.3, 0.4) is 0 Å². The van der Waals surface area contributed by atoms with Crippen molar-refractivity contribution in [2.75, 3.05) is 5.32 Å². The maximum absolute atomic E-state index is 8.90. The molecule has 4 rings (SSSR count). The van der Waals surface area contributed by atoms with Crippen LogP contribution in [0.5, 0.6) is 0 Å². The van der Waals surface area contributed by atoms with Gasteiger partial charge in [0.25, 0.3) is 0 Å². The lowest BCUT2D eigenvalue weighted by Crippen LogP contribution is -2.15. The van der Waals surface area contributed by atoms with Crippen LogP contribution in [-0.4, -0.2) is 21.0 Å². The van der Waals surface area contributed by atoms with Crippen LogP contribution >= 0.6 is 0 Å². The van der Waals surface area contributed by atoms with Gasteiger partial charge in [-0.1, -0.05) is 12.8 Å². The molecule has 0 unspecified atom stereocenters. The first kappa shape index (κ1) is 13.8. The number of hydrogen-bond acceptors (Lipinski definition) is 4. The van der Waals surface area contributed by atoms with Crippen molar-refractivity contribution in [2.24, 2.45) is 0 Å². The number of nitrogens with zero attached hydrogens (tertiary/aromatic N) is 3. The Labute approximate surface area is 134 Å². The Balaban J connectivity index is 1.77. The van der Waals surface area contributed by atoms with Crippen molar-refractivity contribution in [3.05, 3.63) is 42.4 Å². The number of pyridine rings is 2. The number of nitriles is 1. The van der Waals surface area contributed by atoms with E-state index in [-0.39, 0.29) is 0 Å². The molecule has 1 aliphatic rings. The quantitative estimate of drug-likeness (QED) is 0.770. The monoisotopic (exact) mass is 303 g/mol. The summed E-state index contributed by atoms with van der Waals surface area (Å²) in [6.45, 7) is 0. The van der Waals surface area contributed by atoms with Crippen LogP contribution in [0.1, 0.15) is 31.4 Å². The fourth-order valence-electron chi connectivity index (χ4n) is 3.25. The molecule has 3 aromatic rings. The highest BCUT2D eigenvalue weighted by Crippen LogP contribution is 2.31. The summed E-state index contributed by atoms with van der Waals surface area (Å²) in [5.41, 5.74) is 3.36. The normalized spacial score (nSPS) is 14.9. The molecular weight excluding hydrogens is 286 g/mol. The second kappa shape index (κ2) is 5.73. The summed E-state index contributed by atoms with van der Waals surface area (Å²) in [6, 6.07) is 10.4. The summed E-state index contributed by atoms with van der Waals surface area (Å²) in [4.78, 5) is 12.1. The summed E-state index contributed by atoms with van der Waals surface area (Å²) in [5.74, 6) is 0.895. The number of anilines is 1.